The normalized spacial score (nSPS) is 10.6. The van der Waals surface area contributed by atoms with Gasteiger partial charge in [0.2, 0.25) is 5.91 Å². The Morgan fingerprint density at radius 2 is 1.85 bits per heavy atom. The number of amides is 1. The average Bonchev–Trinajstić information content (AvgIpc) is 2.95. The first-order valence-corrected chi connectivity index (χ1v) is 9.66. The SMILES string of the molecule is CCOC(=O)Cc1csc(=N)n1CC(=O)Nc1c(CC)cccc1CC. The molecule has 1 aromatic heterocycles. The minimum absolute atomic E-state index is 0.00171. The molecule has 0 aliphatic heterocycles. The highest BCUT2D eigenvalue weighted by Crippen LogP contribution is 2.22. The van der Waals surface area contributed by atoms with E-state index in [0.717, 1.165) is 29.7 Å². The molecule has 1 heterocycles. The first-order chi connectivity index (χ1) is 12.5. The van der Waals surface area contributed by atoms with Crippen LogP contribution >= 0.6 is 11.3 Å². The van der Waals surface area contributed by atoms with E-state index in [2.05, 4.69) is 19.2 Å². The second kappa shape index (κ2) is 9.33. The molecule has 0 fully saturated rings. The number of hydrogen-bond donors (Lipinski definition) is 2. The molecule has 0 aliphatic carbocycles. The van der Waals surface area contributed by atoms with Crippen molar-refractivity contribution in [2.75, 3.05) is 11.9 Å². The summed E-state index contributed by atoms with van der Waals surface area (Å²) < 4.78 is 6.51. The number of carbonyl (C=O) groups excluding carboxylic acids is 2. The van der Waals surface area contributed by atoms with E-state index in [1.807, 2.05) is 18.2 Å². The number of nitrogens with zero attached hydrogens (tertiary/aromatic N) is 1. The number of esters is 1. The molecule has 1 aromatic carbocycles. The minimum Gasteiger partial charge on any atom is -0.466 e. The summed E-state index contributed by atoms with van der Waals surface area (Å²) in [5, 5.41) is 12.7. The molecule has 0 saturated heterocycles. The Morgan fingerprint density at radius 1 is 1.19 bits per heavy atom. The molecule has 0 aliphatic rings. The standard InChI is InChI=1S/C19H25N3O3S/c1-4-13-8-7-9-14(5-2)18(13)21-16(23)11-22-15(12-26-19(22)20)10-17(24)25-6-3/h7-9,12,20H,4-6,10-11H2,1-3H3,(H,21,23). The third kappa shape index (κ3) is 4.82. The lowest BCUT2D eigenvalue weighted by molar-refractivity contribution is -0.142. The third-order valence-corrected chi connectivity index (χ3v) is 4.93. The van der Waals surface area contributed by atoms with Crippen molar-refractivity contribution < 1.29 is 14.3 Å². The Labute approximate surface area is 157 Å². The molecule has 2 rings (SSSR count). The topological polar surface area (TPSA) is 84.2 Å². The Kier molecular flexibility index (Phi) is 7.15. The molecule has 2 aromatic rings. The molecule has 0 unspecified atom stereocenters. The van der Waals surface area contributed by atoms with Gasteiger partial charge in [-0.05, 0) is 30.9 Å². The Morgan fingerprint density at radius 3 is 2.42 bits per heavy atom. The van der Waals surface area contributed by atoms with E-state index in [-0.39, 0.29) is 29.6 Å². The van der Waals surface area contributed by atoms with Gasteiger partial charge in [-0.3, -0.25) is 15.0 Å². The summed E-state index contributed by atoms with van der Waals surface area (Å²) in [4.78, 5) is 24.6. The lowest BCUT2D eigenvalue weighted by atomic mass is 10.0. The predicted molar refractivity (Wildman–Crippen MR) is 102 cm³/mol. The van der Waals surface area contributed by atoms with Gasteiger partial charge in [0.1, 0.15) is 6.54 Å². The van der Waals surface area contributed by atoms with E-state index in [1.165, 1.54) is 11.3 Å². The van der Waals surface area contributed by atoms with Gasteiger partial charge >= 0.3 is 5.97 Å². The van der Waals surface area contributed by atoms with E-state index >= 15 is 0 Å². The molecule has 2 N–H and O–H groups in total. The average molecular weight is 375 g/mol. The molecule has 140 valence electrons. The van der Waals surface area contributed by atoms with E-state index in [1.54, 1.807) is 16.9 Å². The second-order valence-corrected chi connectivity index (χ2v) is 6.66. The van der Waals surface area contributed by atoms with Crippen LogP contribution in [0.15, 0.2) is 23.6 Å². The van der Waals surface area contributed by atoms with Crippen LogP contribution in [-0.4, -0.2) is 23.1 Å². The Hall–Kier alpha value is -2.41. The maximum absolute atomic E-state index is 12.6. The fourth-order valence-electron chi connectivity index (χ4n) is 2.78. The minimum atomic E-state index is -0.357. The quantitative estimate of drug-likeness (QED) is 0.696. The molecule has 0 atom stereocenters. The summed E-state index contributed by atoms with van der Waals surface area (Å²) in [6.45, 7) is 6.16. The van der Waals surface area contributed by atoms with E-state index in [9.17, 15) is 9.59 Å². The zero-order valence-corrected chi connectivity index (χ0v) is 16.2. The van der Waals surface area contributed by atoms with Gasteiger partial charge in [0.05, 0.1) is 13.0 Å². The number of thiazole rings is 1. The second-order valence-electron chi connectivity index (χ2n) is 5.81. The van der Waals surface area contributed by atoms with Gasteiger partial charge in [0, 0.05) is 16.8 Å². The van der Waals surface area contributed by atoms with Gasteiger partial charge in [0.25, 0.3) is 0 Å². The van der Waals surface area contributed by atoms with Crippen LogP contribution in [0, 0.1) is 5.41 Å². The van der Waals surface area contributed by atoms with Crippen LogP contribution in [0.1, 0.15) is 37.6 Å². The fraction of sp³-hybridized carbons (Fsp3) is 0.421. The van der Waals surface area contributed by atoms with Crippen molar-refractivity contribution in [3.8, 4) is 0 Å². The van der Waals surface area contributed by atoms with Crippen molar-refractivity contribution in [1.82, 2.24) is 4.57 Å². The van der Waals surface area contributed by atoms with Gasteiger partial charge in [-0.15, -0.1) is 11.3 Å². The summed E-state index contributed by atoms with van der Waals surface area (Å²) in [5.74, 6) is -0.563. The first kappa shape index (κ1) is 19.9. The number of anilines is 1. The molecule has 7 heteroatoms. The number of carbonyl (C=O) groups is 2. The van der Waals surface area contributed by atoms with Gasteiger partial charge < -0.3 is 14.6 Å². The monoisotopic (exact) mass is 375 g/mol. The predicted octanol–water partition coefficient (Wildman–Crippen LogP) is 2.90. The van der Waals surface area contributed by atoms with Crippen LogP contribution in [0.5, 0.6) is 0 Å². The molecular formula is C19H25N3O3S. The zero-order chi connectivity index (χ0) is 19.1. The highest BCUT2D eigenvalue weighted by molar-refractivity contribution is 7.07. The molecular weight excluding hydrogens is 350 g/mol. The summed E-state index contributed by atoms with van der Waals surface area (Å²) >= 11 is 1.20. The van der Waals surface area contributed by atoms with Crippen LogP contribution in [-0.2, 0) is 40.1 Å². The number of benzene rings is 1. The lowest BCUT2D eigenvalue weighted by Crippen LogP contribution is -2.27. The van der Waals surface area contributed by atoms with Gasteiger partial charge in [-0.2, -0.15) is 0 Å². The highest BCUT2D eigenvalue weighted by atomic mass is 32.1. The summed E-state index contributed by atoms with van der Waals surface area (Å²) in [7, 11) is 0. The zero-order valence-electron chi connectivity index (χ0n) is 15.4. The maximum atomic E-state index is 12.6. The summed E-state index contributed by atoms with van der Waals surface area (Å²) in [5.41, 5.74) is 3.65. The number of aryl methyl sites for hydroxylation is 2. The van der Waals surface area contributed by atoms with E-state index in [0.29, 0.717) is 12.3 Å². The number of hydrogen-bond acceptors (Lipinski definition) is 5. The van der Waals surface area contributed by atoms with Crippen LogP contribution in [0.4, 0.5) is 5.69 Å². The van der Waals surface area contributed by atoms with Crippen molar-refractivity contribution in [2.24, 2.45) is 0 Å². The molecule has 0 spiro atoms. The Balaban J connectivity index is 2.18. The number of para-hydroxylation sites is 1. The molecule has 26 heavy (non-hydrogen) atoms. The largest absolute Gasteiger partial charge is 0.466 e. The van der Waals surface area contributed by atoms with Gasteiger partial charge in [0.15, 0.2) is 4.80 Å². The maximum Gasteiger partial charge on any atom is 0.311 e. The smallest absolute Gasteiger partial charge is 0.311 e. The Bertz CT molecular complexity index is 817. The van der Waals surface area contributed by atoms with Crippen LogP contribution in [0.2, 0.25) is 0 Å². The molecule has 6 nitrogen and oxygen atoms in total. The lowest BCUT2D eigenvalue weighted by Gasteiger charge is -2.15. The van der Waals surface area contributed by atoms with Crippen molar-refractivity contribution in [2.45, 2.75) is 46.6 Å². The molecule has 0 radical (unpaired) electrons. The number of ether oxygens (including phenoxy) is 1. The van der Waals surface area contributed by atoms with Crippen LogP contribution in [0.3, 0.4) is 0 Å². The number of rotatable bonds is 8. The first-order valence-electron chi connectivity index (χ1n) is 8.78. The molecule has 0 saturated carbocycles. The van der Waals surface area contributed by atoms with Crippen molar-refractivity contribution in [3.63, 3.8) is 0 Å². The van der Waals surface area contributed by atoms with Gasteiger partial charge in [-0.25, -0.2) is 0 Å². The number of aromatic nitrogens is 1. The highest BCUT2D eigenvalue weighted by Gasteiger charge is 2.15. The van der Waals surface area contributed by atoms with Crippen molar-refractivity contribution in [3.05, 3.63) is 45.2 Å². The van der Waals surface area contributed by atoms with Crippen molar-refractivity contribution in [1.29, 1.82) is 5.41 Å². The third-order valence-electron chi connectivity index (χ3n) is 4.09. The fourth-order valence-corrected chi connectivity index (χ4v) is 3.54. The van der Waals surface area contributed by atoms with E-state index < -0.39 is 0 Å². The van der Waals surface area contributed by atoms with Crippen molar-refractivity contribution >= 4 is 28.9 Å². The summed E-state index contributed by atoms with van der Waals surface area (Å²) in [6, 6.07) is 6.02. The molecule has 0 bridgehead atoms. The van der Waals surface area contributed by atoms with Crippen LogP contribution < -0.4 is 10.1 Å². The summed E-state index contributed by atoms with van der Waals surface area (Å²) in [6.07, 6.45) is 1.71. The number of nitrogens with one attached hydrogen (secondary N) is 2. The van der Waals surface area contributed by atoms with E-state index in [4.69, 9.17) is 10.1 Å². The van der Waals surface area contributed by atoms with Gasteiger partial charge in [-0.1, -0.05) is 32.0 Å². The van der Waals surface area contributed by atoms with Crippen LogP contribution in [0.25, 0.3) is 0 Å². The molecule has 1 amide bonds.